The number of rotatable bonds is 4. The van der Waals surface area contributed by atoms with E-state index in [-0.39, 0.29) is 0 Å². The van der Waals surface area contributed by atoms with Gasteiger partial charge in [0, 0.05) is 12.7 Å². The molecule has 2 heterocycles. The first kappa shape index (κ1) is 13.3. The number of hydrazine groups is 1. The highest BCUT2D eigenvalue weighted by Crippen LogP contribution is 2.25. The fraction of sp³-hybridized carbons (Fsp3) is 0.643. The van der Waals surface area contributed by atoms with Crippen molar-refractivity contribution >= 4 is 5.82 Å². The maximum Gasteiger partial charge on any atom is 0.140 e. The molecular formula is C14H24N4. The predicted molar refractivity (Wildman–Crippen MR) is 74.9 cm³/mol. The molecule has 0 saturated carbocycles. The van der Waals surface area contributed by atoms with Crippen LogP contribution >= 0.6 is 0 Å². The van der Waals surface area contributed by atoms with Crippen molar-refractivity contribution < 1.29 is 0 Å². The number of nitrogens with one attached hydrogen (secondary N) is 1. The molecule has 2 rings (SSSR count). The molecule has 0 atom stereocenters. The molecule has 0 aliphatic carbocycles. The summed E-state index contributed by atoms with van der Waals surface area (Å²) in [6.07, 6.45) is 4.46. The Hall–Kier alpha value is -1.13. The van der Waals surface area contributed by atoms with Gasteiger partial charge >= 0.3 is 0 Å². The maximum absolute atomic E-state index is 5.38. The van der Waals surface area contributed by atoms with Crippen LogP contribution in [0.15, 0.2) is 18.3 Å². The highest BCUT2D eigenvalue weighted by molar-refractivity contribution is 5.35. The van der Waals surface area contributed by atoms with Gasteiger partial charge in [0.25, 0.3) is 0 Å². The lowest BCUT2D eigenvalue weighted by atomic mass is 9.86. The Balaban J connectivity index is 1.87. The lowest BCUT2D eigenvalue weighted by Gasteiger charge is -2.33. The average Bonchev–Trinajstić information content (AvgIpc) is 2.39. The van der Waals surface area contributed by atoms with Gasteiger partial charge in [0.15, 0.2) is 0 Å². The summed E-state index contributed by atoms with van der Waals surface area (Å²) in [6, 6.07) is 4.09. The standard InChI is InChI=1S/C14H24N4/c1-11(2)13-4-7-18(8-5-13)10-12-3-6-16-14(9-12)17-15/h3,6,9,11,13H,4-5,7-8,10,15H2,1-2H3,(H,16,17). The first-order chi connectivity index (χ1) is 8.69. The molecular weight excluding hydrogens is 224 g/mol. The third kappa shape index (κ3) is 3.43. The summed E-state index contributed by atoms with van der Waals surface area (Å²) in [5.74, 6) is 7.84. The van der Waals surface area contributed by atoms with E-state index >= 15 is 0 Å². The predicted octanol–water partition coefficient (Wildman–Crippen LogP) is 2.24. The minimum absolute atomic E-state index is 0.740. The van der Waals surface area contributed by atoms with Crippen LogP contribution in [0.1, 0.15) is 32.3 Å². The van der Waals surface area contributed by atoms with Gasteiger partial charge < -0.3 is 5.43 Å². The number of anilines is 1. The van der Waals surface area contributed by atoms with Crippen molar-refractivity contribution in [3.8, 4) is 0 Å². The first-order valence-electron chi connectivity index (χ1n) is 6.83. The zero-order valence-electron chi connectivity index (χ0n) is 11.4. The zero-order valence-corrected chi connectivity index (χ0v) is 11.4. The Morgan fingerprint density at radius 1 is 1.44 bits per heavy atom. The fourth-order valence-corrected chi connectivity index (χ4v) is 2.69. The second-order valence-corrected chi connectivity index (χ2v) is 5.55. The molecule has 100 valence electrons. The highest BCUT2D eigenvalue weighted by Gasteiger charge is 2.21. The van der Waals surface area contributed by atoms with Gasteiger partial charge in [-0.05, 0) is 55.5 Å². The van der Waals surface area contributed by atoms with E-state index in [9.17, 15) is 0 Å². The largest absolute Gasteiger partial charge is 0.308 e. The summed E-state index contributed by atoms with van der Waals surface area (Å²) < 4.78 is 0. The normalized spacial score (nSPS) is 18.2. The van der Waals surface area contributed by atoms with Crippen LogP contribution in [0.3, 0.4) is 0 Å². The molecule has 0 aromatic carbocycles. The number of likely N-dealkylation sites (tertiary alicyclic amines) is 1. The Labute approximate surface area is 110 Å². The van der Waals surface area contributed by atoms with E-state index < -0.39 is 0 Å². The molecule has 0 bridgehead atoms. The average molecular weight is 248 g/mol. The van der Waals surface area contributed by atoms with Crippen molar-refractivity contribution in [3.63, 3.8) is 0 Å². The molecule has 4 heteroatoms. The lowest BCUT2D eigenvalue weighted by molar-refractivity contribution is 0.152. The monoisotopic (exact) mass is 248 g/mol. The van der Waals surface area contributed by atoms with E-state index in [2.05, 4.69) is 35.2 Å². The number of piperidine rings is 1. The molecule has 1 aliphatic heterocycles. The van der Waals surface area contributed by atoms with Crippen LogP contribution < -0.4 is 11.3 Å². The summed E-state index contributed by atoms with van der Waals surface area (Å²) in [4.78, 5) is 6.65. The van der Waals surface area contributed by atoms with Crippen LogP contribution in [0.5, 0.6) is 0 Å². The summed E-state index contributed by atoms with van der Waals surface area (Å²) >= 11 is 0. The summed E-state index contributed by atoms with van der Waals surface area (Å²) in [7, 11) is 0. The lowest BCUT2D eigenvalue weighted by Crippen LogP contribution is -2.34. The Kier molecular flexibility index (Phi) is 4.55. The number of hydrogen-bond acceptors (Lipinski definition) is 4. The second kappa shape index (κ2) is 6.16. The third-order valence-electron chi connectivity index (χ3n) is 3.95. The van der Waals surface area contributed by atoms with Crippen LogP contribution in [0.25, 0.3) is 0 Å². The molecule has 1 aliphatic rings. The minimum Gasteiger partial charge on any atom is -0.308 e. The molecule has 0 radical (unpaired) electrons. The smallest absolute Gasteiger partial charge is 0.140 e. The van der Waals surface area contributed by atoms with Crippen molar-refractivity contribution in [2.24, 2.45) is 17.7 Å². The molecule has 1 saturated heterocycles. The number of nitrogens with zero attached hydrogens (tertiary/aromatic N) is 2. The van der Waals surface area contributed by atoms with Gasteiger partial charge in [-0.25, -0.2) is 10.8 Å². The first-order valence-corrected chi connectivity index (χ1v) is 6.83. The summed E-state index contributed by atoms with van der Waals surface area (Å²) in [5.41, 5.74) is 3.88. The highest BCUT2D eigenvalue weighted by atomic mass is 15.2. The van der Waals surface area contributed by atoms with E-state index in [4.69, 9.17) is 5.84 Å². The molecule has 0 spiro atoms. The van der Waals surface area contributed by atoms with Crippen molar-refractivity contribution in [1.29, 1.82) is 0 Å². The topological polar surface area (TPSA) is 54.2 Å². The van der Waals surface area contributed by atoms with Gasteiger partial charge in [0.1, 0.15) is 5.82 Å². The van der Waals surface area contributed by atoms with Crippen LogP contribution in [-0.4, -0.2) is 23.0 Å². The third-order valence-corrected chi connectivity index (χ3v) is 3.95. The number of nitrogens with two attached hydrogens (primary N) is 1. The Bertz CT molecular complexity index is 370. The summed E-state index contributed by atoms with van der Waals surface area (Å²) in [6.45, 7) is 8.08. The molecule has 0 unspecified atom stereocenters. The molecule has 3 N–H and O–H groups in total. The van der Waals surface area contributed by atoms with E-state index in [0.717, 1.165) is 24.2 Å². The van der Waals surface area contributed by atoms with Crippen molar-refractivity contribution in [1.82, 2.24) is 9.88 Å². The van der Waals surface area contributed by atoms with Crippen molar-refractivity contribution in [2.75, 3.05) is 18.5 Å². The molecule has 0 amide bonds. The zero-order chi connectivity index (χ0) is 13.0. The Morgan fingerprint density at radius 3 is 2.78 bits per heavy atom. The number of pyridine rings is 1. The number of aromatic nitrogens is 1. The van der Waals surface area contributed by atoms with Gasteiger partial charge in [-0.3, -0.25) is 4.90 Å². The van der Waals surface area contributed by atoms with E-state index in [1.165, 1.54) is 31.5 Å². The molecule has 1 fully saturated rings. The molecule has 1 aromatic heterocycles. The number of hydrogen-bond donors (Lipinski definition) is 2. The van der Waals surface area contributed by atoms with E-state index in [1.54, 1.807) is 0 Å². The second-order valence-electron chi connectivity index (χ2n) is 5.55. The van der Waals surface area contributed by atoms with Gasteiger partial charge in [-0.2, -0.15) is 0 Å². The van der Waals surface area contributed by atoms with Crippen molar-refractivity contribution in [2.45, 2.75) is 33.2 Å². The Morgan fingerprint density at radius 2 is 2.17 bits per heavy atom. The fourth-order valence-electron chi connectivity index (χ4n) is 2.69. The molecule has 1 aromatic rings. The van der Waals surface area contributed by atoms with Crippen LogP contribution in [0.2, 0.25) is 0 Å². The minimum atomic E-state index is 0.740. The molecule has 4 nitrogen and oxygen atoms in total. The SMILES string of the molecule is CC(C)C1CCN(Cc2ccnc(NN)c2)CC1. The van der Waals surface area contributed by atoms with E-state index in [0.29, 0.717) is 0 Å². The van der Waals surface area contributed by atoms with E-state index in [1.807, 2.05) is 12.3 Å². The maximum atomic E-state index is 5.38. The van der Waals surface area contributed by atoms with Gasteiger partial charge in [-0.1, -0.05) is 13.8 Å². The quantitative estimate of drug-likeness (QED) is 0.634. The van der Waals surface area contributed by atoms with Crippen molar-refractivity contribution in [3.05, 3.63) is 23.9 Å². The van der Waals surface area contributed by atoms with Gasteiger partial charge in [0.2, 0.25) is 0 Å². The van der Waals surface area contributed by atoms with Gasteiger partial charge in [-0.15, -0.1) is 0 Å². The van der Waals surface area contributed by atoms with Crippen LogP contribution in [0, 0.1) is 11.8 Å². The van der Waals surface area contributed by atoms with Crippen LogP contribution in [-0.2, 0) is 6.54 Å². The number of nitrogen functional groups attached to an aromatic ring is 1. The summed E-state index contributed by atoms with van der Waals surface area (Å²) in [5, 5.41) is 0. The molecule has 18 heavy (non-hydrogen) atoms. The van der Waals surface area contributed by atoms with Gasteiger partial charge in [0.05, 0.1) is 0 Å². The van der Waals surface area contributed by atoms with Crippen LogP contribution in [0.4, 0.5) is 5.82 Å².